The second-order valence-electron chi connectivity index (χ2n) is 5.25. The summed E-state index contributed by atoms with van der Waals surface area (Å²) in [5.41, 5.74) is -0.00751. The smallest absolute Gasteiger partial charge is 0.325 e. The number of halogens is 4. The molecule has 2 rings (SSSR count). The van der Waals surface area contributed by atoms with Crippen molar-refractivity contribution in [3.05, 3.63) is 43.4 Å². The minimum Gasteiger partial charge on any atom is -0.325 e. The molecule has 1 aromatic heterocycles. The molecule has 0 fully saturated rings. The van der Waals surface area contributed by atoms with Crippen LogP contribution in [-0.2, 0) is 17.4 Å². The number of carbonyl (C=O) groups is 1. The number of hydrogen-bond donors (Lipinski definition) is 1. The van der Waals surface area contributed by atoms with Crippen molar-refractivity contribution >= 4 is 45.5 Å². The van der Waals surface area contributed by atoms with Crippen molar-refractivity contribution in [2.75, 3.05) is 5.32 Å². The van der Waals surface area contributed by atoms with Gasteiger partial charge in [0.1, 0.15) is 0 Å². The van der Waals surface area contributed by atoms with Crippen LogP contribution in [0.1, 0.15) is 36.0 Å². The van der Waals surface area contributed by atoms with Crippen molar-refractivity contribution < 1.29 is 18.0 Å². The lowest BCUT2D eigenvalue weighted by atomic mass is 10.2. The van der Waals surface area contributed by atoms with Gasteiger partial charge < -0.3 is 5.32 Å². The molecule has 0 saturated heterocycles. The SMILES string of the molecule is CC(C)c1nc(CC(=O)Nc2cc(C(F)(F)F)ccc2I)cs1. The van der Waals surface area contributed by atoms with Crippen molar-refractivity contribution in [3.63, 3.8) is 0 Å². The van der Waals surface area contributed by atoms with Crippen LogP contribution in [0.4, 0.5) is 18.9 Å². The molecule has 1 N–H and O–H groups in total. The van der Waals surface area contributed by atoms with E-state index in [1.165, 1.54) is 17.4 Å². The van der Waals surface area contributed by atoms with Crippen LogP contribution in [0.2, 0.25) is 0 Å². The molecule has 0 aliphatic carbocycles. The first-order valence-corrected chi connectivity index (χ1v) is 8.73. The van der Waals surface area contributed by atoms with Gasteiger partial charge in [0.2, 0.25) is 5.91 Å². The normalized spacial score (nSPS) is 11.8. The first kappa shape index (κ1) is 18.2. The second-order valence-corrected chi connectivity index (χ2v) is 7.30. The van der Waals surface area contributed by atoms with E-state index in [2.05, 4.69) is 10.3 Å². The zero-order chi connectivity index (χ0) is 17.2. The monoisotopic (exact) mass is 454 g/mol. The predicted octanol–water partition coefficient (Wildman–Crippen LogP) is 5.07. The Balaban J connectivity index is 2.10. The number of amides is 1. The molecule has 0 radical (unpaired) electrons. The van der Waals surface area contributed by atoms with Gasteiger partial charge in [0, 0.05) is 14.9 Å². The average Bonchev–Trinajstić information content (AvgIpc) is 2.88. The van der Waals surface area contributed by atoms with E-state index in [9.17, 15) is 18.0 Å². The summed E-state index contributed by atoms with van der Waals surface area (Å²) in [5.74, 6) is -0.107. The van der Waals surface area contributed by atoms with E-state index < -0.39 is 11.7 Å². The molecule has 3 nitrogen and oxygen atoms in total. The quantitative estimate of drug-likeness (QED) is 0.656. The lowest BCUT2D eigenvalue weighted by Crippen LogP contribution is -2.16. The first-order chi connectivity index (χ1) is 10.7. The number of carbonyl (C=O) groups excluding carboxylic acids is 1. The molecule has 23 heavy (non-hydrogen) atoms. The van der Waals surface area contributed by atoms with E-state index in [0.29, 0.717) is 9.26 Å². The highest BCUT2D eigenvalue weighted by molar-refractivity contribution is 14.1. The van der Waals surface area contributed by atoms with Crippen LogP contribution in [0.15, 0.2) is 23.6 Å². The molecule has 2 aromatic rings. The van der Waals surface area contributed by atoms with Crippen molar-refractivity contribution in [2.45, 2.75) is 32.4 Å². The van der Waals surface area contributed by atoms with Crippen LogP contribution in [0, 0.1) is 3.57 Å². The molecule has 0 atom stereocenters. The minimum absolute atomic E-state index is 0.0372. The first-order valence-electron chi connectivity index (χ1n) is 6.77. The summed E-state index contributed by atoms with van der Waals surface area (Å²) >= 11 is 3.36. The van der Waals surface area contributed by atoms with Crippen molar-refractivity contribution in [1.29, 1.82) is 0 Å². The Kier molecular flexibility index (Phi) is 5.66. The number of nitrogens with one attached hydrogen (secondary N) is 1. The standard InChI is InChI=1S/C15H14F3IN2OS/c1-8(2)14-20-10(7-23-14)6-13(22)21-12-5-9(15(16,17)18)3-4-11(12)19/h3-5,7-8H,6H2,1-2H3,(H,21,22). The third kappa shape index (κ3) is 4.90. The predicted molar refractivity (Wildman–Crippen MR) is 92.7 cm³/mol. The fourth-order valence-corrected chi connectivity index (χ4v) is 3.13. The van der Waals surface area contributed by atoms with Crippen LogP contribution in [0.3, 0.4) is 0 Å². The average molecular weight is 454 g/mol. The van der Waals surface area contributed by atoms with Gasteiger partial charge >= 0.3 is 6.18 Å². The lowest BCUT2D eigenvalue weighted by molar-refractivity contribution is -0.137. The third-order valence-electron chi connectivity index (χ3n) is 2.97. The van der Waals surface area contributed by atoms with Crippen molar-refractivity contribution in [1.82, 2.24) is 4.98 Å². The molecule has 1 amide bonds. The molecule has 0 aliphatic rings. The Morgan fingerprint density at radius 3 is 2.65 bits per heavy atom. The molecule has 0 bridgehead atoms. The van der Waals surface area contributed by atoms with Gasteiger partial charge in [0.05, 0.1) is 28.4 Å². The number of nitrogens with zero attached hydrogens (tertiary/aromatic N) is 1. The highest BCUT2D eigenvalue weighted by Gasteiger charge is 2.31. The van der Waals surface area contributed by atoms with Crippen LogP contribution in [0.25, 0.3) is 0 Å². The fourth-order valence-electron chi connectivity index (χ4n) is 1.83. The van der Waals surface area contributed by atoms with Crippen molar-refractivity contribution in [3.8, 4) is 0 Å². The molecule has 0 saturated carbocycles. The van der Waals surface area contributed by atoms with Gasteiger partial charge in [0.25, 0.3) is 0 Å². The van der Waals surface area contributed by atoms with E-state index in [-0.39, 0.29) is 23.9 Å². The molecule has 1 heterocycles. The van der Waals surface area contributed by atoms with E-state index in [1.54, 1.807) is 5.38 Å². The van der Waals surface area contributed by atoms with E-state index in [1.807, 2.05) is 36.4 Å². The maximum absolute atomic E-state index is 12.7. The Labute approximate surface area is 149 Å². The molecule has 0 unspecified atom stereocenters. The Morgan fingerprint density at radius 1 is 1.39 bits per heavy atom. The number of aromatic nitrogens is 1. The fraction of sp³-hybridized carbons (Fsp3) is 0.333. The van der Waals surface area contributed by atoms with Gasteiger partial charge in [0.15, 0.2) is 0 Å². The second kappa shape index (κ2) is 7.16. The third-order valence-corrected chi connectivity index (χ3v) is 5.11. The molecular formula is C15H14F3IN2OS. The minimum atomic E-state index is -4.44. The summed E-state index contributed by atoms with van der Waals surface area (Å²) in [6.45, 7) is 4.02. The van der Waals surface area contributed by atoms with Crippen LogP contribution in [0.5, 0.6) is 0 Å². The zero-order valence-electron chi connectivity index (χ0n) is 12.4. The Bertz CT molecular complexity index is 713. The highest BCUT2D eigenvalue weighted by Crippen LogP contribution is 2.32. The van der Waals surface area contributed by atoms with E-state index >= 15 is 0 Å². The molecular weight excluding hydrogens is 440 g/mol. The van der Waals surface area contributed by atoms with Gasteiger partial charge in [-0.15, -0.1) is 11.3 Å². The summed E-state index contributed by atoms with van der Waals surface area (Å²) in [6.07, 6.45) is -4.40. The number of thiazole rings is 1. The maximum atomic E-state index is 12.7. The Hall–Kier alpha value is -1.16. The van der Waals surface area contributed by atoms with Gasteiger partial charge in [-0.05, 0) is 40.8 Å². The largest absolute Gasteiger partial charge is 0.416 e. The maximum Gasteiger partial charge on any atom is 0.416 e. The van der Waals surface area contributed by atoms with Crippen molar-refractivity contribution in [2.24, 2.45) is 0 Å². The van der Waals surface area contributed by atoms with Gasteiger partial charge in [-0.3, -0.25) is 4.79 Å². The van der Waals surface area contributed by atoms with E-state index in [4.69, 9.17) is 0 Å². The number of benzene rings is 1. The molecule has 0 aliphatic heterocycles. The highest BCUT2D eigenvalue weighted by atomic mass is 127. The summed E-state index contributed by atoms with van der Waals surface area (Å²) in [5, 5.41) is 5.26. The van der Waals surface area contributed by atoms with E-state index in [0.717, 1.165) is 17.1 Å². The number of hydrogen-bond acceptors (Lipinski definition) is 3. The molecule has 0 spiro atoms. The topological polar surface area (TPSA) is 42.0 Å². The molecule has 124 valence electrons. The molecule has 1 aromatic carbocycles. The zero-order valence-corrected chi connectivity index (χ0v) is 15.3. The van der Waals surface area contributed by atoms with Gasteiger partial charge in [-0.25, -0.2) is 4.98 Å². The molecule has 8 heteroatoms. The number of anilines is 1. The number of rotatable bonds is 4. The van der Waals surface area contributed by atoms with Gasteiger partial charge in [-0.1, -0.05) is 13.8 Å². The summed E-state index contributed by atoms with van der Waals surface area (Å²) in [6, 6.07) is 3.27. The lowest BCUT2D eigenvalue weighted by Gasteiger charge is -2.11. The van der Waals surface area contributed by atoms with Crippen LogP contribution in [-0.4, -0.2) is 10.9 Å². The summed E-state index contributed by atoms with van der Waals surface area (Å²) in [4.78, 5) is 16.4. The van der Waals surface area contributed by atoms with Crippen LogP contribution >= 0.6 is 33.9 Å². The number of alkyl halides is 3. The summed E-state index contributed by atoms with van der Waals surface area (Å²) < 4.78 is 38.8. The van der Waals surface area contributed by atoms with Crippen LogP contribution < -0.4 is 5.32 Å². The Morgan fingerprint density at radius 2 is 2.09 bits per heavy atom. The van der Waals surface area contributed by atoms with Gasteiger partial charge in [-0.2, -0.15) is 13.2 Å². The summed E-state index contributed by atoms with van der Waals surface area (Å²) in [7, 11) is 0.